The molecule has 0 saturated carbocycles. The summed E-state index contributed by atoms with van der Waals surface area (Å²) in [4.78, 5) is 45.3. The number of fused-ring (bicyclic) bond motifs is 1. The summed E-state index contributed by atoms with van der Waals surface area (Å²) in [6, 6.07) is 0. The van der Waals surface area contributed by atoms with Crippen LogP contribution in [0.4, 0.5) is 0 Å². The van der Waals surface area contributed by atoms with Crippen LogP contribution in [0.25, 0.3) is 0 Å². The van der Waals surface area contributed by atoms with E-state index in [0.717, 1.165) is 0 Å². The van der Waals surface area contributed by atoms with Gasteiger partial charge in [0.05, 0.1) is 24.2 Å². The first-order chi connectivity index (χ1) is 8.56. The van der Waals surface area contributed by atoms with Crippen LogP contribution in [0.5, 0.6) is 0 Å². The number of rotatable bonds is 1. The average molecular weight is 250 g/mol. The number of cyclic esters (lactones) is 4. The summed E-state index contributed by atoms with van der Waals surface area (Å²) >= 11 is 0. The first-order valence-corrected chi connectivity index (χ1v) is 5.74. The fourth-order valence-corrected chi connectivity index (χ4v) is 2.76. The summed E-state index contributed by atoms with van der Waals surface area (Å²) in [7, 11) is 0. The van der Waals surface area contributed by atoms with Crippen LogP contribution in [-0.4, -0.2) is 23.9 Å². The van der Waals surface area contributed by atoms with E-state index in [1.54, 1.807) is 12.2 Å². The molecule has 0 spiro atoms. The first kappa shape index (κ1) is 11.1. The molecule has 2 saturated heterocycles. The monoisotopic (exact) mass is 250 g/mol. The van der Waals surface area contributed by atoms with Crippen LogP contribution in [0.15, 0.2) is 12.2 Å². The molecule has 3 aliphatic rings. The summed E-state index contributed by atoms with van der Waals surface area (Å²) in [5.74, 6) is -4.03. The van der Waals surface area contributed by atoms with Gasteiger partial charge in [-0.15, -0.1) is 0 Å². The third-order valence-corrected chi connectivity index (χ3v) is 3.72. The standard InChI is InChI=1S/C12H10O6/c13-9-4-7(11(15)17-9)5-1-2-6-8(3-5)12(16)18-10(6)14/h1-2,5-8H,3-4H2. The second kappa shape index (κ2) is 3.76. The Morgan fingerprint density at radius 1 is 0.889 bits per heavy atom. The van der Waals surface area contributed by atoms with Crippen molar-refractivity contribution in [2.45, 2.75) is 12.8 Å². The zero-order chi connectivity index (χ0) is 12.9. The van der Waals surface area contributed by atoms with Crippen molar-refractivity contribution >= 4 is 23.9 Å². The van der Waals surface area contributed by atoms with E-state index >= 15 is 0 Å². The van der Waals surface area contributed by atoms with Crippen LogP contribution in [0.2, 0.25) is 0 Å². The molecule has 0 radical (unpaired) electrons. The molecule has 3 rings (SSSR count). The van der Waals surface area contributed by atoms with E-state index in [2.05, 4.69) is 9.47 Å². The highest BCUT2D eigenvalue weighted by molar-refractivity contribution is 5.98. The molecular weight excluding hydrogens is 240 g/mol. The lowest BCUT2D eigenvalue weighted by Gasteiger charge is -2.24. The fraction of sp³-hybridized carbons (Fsp3) is 0.500. The zero-order valence-electron chi connectivity index (χ0n) is 9.33. The molecule has 18 heavy (non-hydrogen) atoms. The molecule has 2 heterocycles. The second-order valence-corrected chi connectivity index (χ2v) is 4.76. The van der Waals surface area contributed by atoms with Gasteiger partial charge in [0.25, 0.3) is 0 Å². The Labute approximate surface area is 102 Å². The van der Waals surface area contributed by atoms with E-state index in [1.807, 2.05) is 0 Å². The van der Waals surface area contributed by atoms with Crippen LogP contribution < -0.4 is 0 Å². The van der Waals surface area contributed by atoms with Gasteiger partial charge in [0.1, 0.15) is 0 Å². The molecule has 4 atom stereocenters. The Balaban J connectivity index is 1.82. The maximum absolute atomic E-state index is 11.5. The molecule has 4 unspecified atom stereocenters. The van der Waals surface area contributed by atoms with Gasteiger partial charge in [0.15, 0.2) is 0 Å². The predicted octanol–water partition coefficient (Wildman–Crippen LogP) is -0.0320. The van der Waals surface area contributed by atoms with Gasteiger partial charge in [-0.25, -0.2) is 0 Å². The highest BCUT2D eigenvalue weighted by Crippen LogP contribution is 2.40. The van der Waals surface area contributed by atoms with Crippen molar-refractivity contribution in [2.24, 2.45) is 23.7 Å². The van der Waals surface area contributed by atoms with Crippen molar-refractivity contribution < 1.29 is 28.7 Å². The first-order valence-electron chi connectivity index (χ1n) is 5.74. The Kier molecular flexibility index (Phi) is 2.33. The van der Waals surface area contributed by atoms with Gasteiger partial charge < -0.3 is 9.47 Å². The van der Waals surface area contributed by atoms with Crippen LogP contribution in [0.3, 0.4) is 0 Å². The fourth-order valence-electron chi connectivity index (χ4n) is 2.76. The van der Waals surface area contributed by atoms with E-state index in [4.69, 9.17) is 0 Å². The maximum atomic E-state index is 11.5. The number of hydrogen-bond acceptors (Lipinski definition) is 6. The minimum Gasteiger partial charge on any atom is -0.393 e. The summed E-state index contributed by atoms with van der Waals surface area (Å²) in [6.45, 7) is 0. The van der Waals surface area contributed by atoms with Crippen molar-refractivity contribution in [2.75, 3.05) is 0 Å². The number of carbonyl (C=O) groups is 4. The van der Waals surface area contributed by atoms with Crippen molar-refractivity contribution in [3.8, 4) is 0 Å². The second-order valence-electron chi connectivity index (χ2n) is 4.76. The van der Waals surface area contributed by atoms with E-state index < -0.39 is 41.6 Å². The van der Waals surface area contributed by atoms with Crippen molar-refractivity contribution in [1.82, 2.24) is 0 Å². The molecule has 0 aromatic carbocycles. The minimum absolute atomic E-state index is 0.0359. The molecule has 6 nitrogen and oxygen atoms in total. The number of ether oxygens (including phenoxy) is 2. The third kappa shape index (κ3) is 1.56. The van der Waals surface area contributed by atoms with E-state index in [0.29, 0.717) is 6.42 Å². The normalized spacial score (nSPS) is 38.7. The van der Waals surface area contributed by atoms with Crippen molar-refractivity contribution in [3.63, 3.8) is 0 Å². The summed E-state index contributed by atoms with van der Waals surface area (Å²) in [5.41, 5.74) is 0. The number of allylic oxidation sites excluding steroid dienone is 1. The lowest BCUT2D eigenvalue weighted by molar-refractivity contribution is -0.155. The van der Waals surface area contributed by atoms with Crippen molar-refractivity contribution in [1.29, 1.82) is 0 Å². The maximum Gasteiger partial charge on any atom is 0.321 e. The van der Waals surface area contributed by atoms with Gasteiger partial charge in [-0.1, -0.05) is 12.2 Å². The topological polar surface area (TPSA) is 86.7 Å². The SMILES string of the molecule is O=C1CC(C2C=CC3C(=O)OC(=O)C3C2)C(=O)O1. The Hall–Kier alpha value is -1.98. The van der Waals surface area contributed by atoms with E-state index in [-0.39, 0.29) is 12.3 Å². The molecule has 0 aromatic heterocycles. The van der Waals surface area contributed by atoms with Gasteiger partial charge in [-0.3, -0.25) is 19.2 Å². The Morgan fingerprint density at radius 2 is 1.61 bits per heavy atom. The van der Waals surface area contributed by atoms with Crippen molar-refractivity contribution in [3.05, 3.63) is 12.2 Å². The van der Waals surface area contributed by atoms with Crippen LogP contribution in [0.1, 0.15) is 12.8 Å². The van der Waals surface area contributed by atoms with Gasteiger partial charge >= 0.3 is 23.9 Å². The predicted molar refractivity (Wildman–Crippen MR) is 54.5 cm³/mol. The molecule has 0 bridgehead atoms. The van der Waals surface area contributed by atoms with E-state index in [9.17, 15) is 19.2 Å². The molecule has 6 heteroatoms. The van der Waals surface area contributed by atoms with Crippen LogP contribution in [0, 0.1) is 23.7 Å². The average Bonchev–Trinajstić information content (AvgIpc) is 2.80. The molecule has 0 aromatic rings. The number of esters is 4. The largest absolute Gasteiger partial charge is 0.393 e. The summed E-state index contributed by atoms with van der Waals surface area (Å²) in [6.07, 6.45) is 3.70. The van der Waals surface area contributed by atoms with Gasteiger partial charge in [-0.05, 0) is 12.3 Å². The molecular formula is C12H10O6. The van der Waals surface area contributed by atoms with Gasteiger partial charge in [0, 0.05) is 0 Å². The molecule has 0 N–H and O–H groups in total. The van der Waals surface area contributed by atoms with Gasteiger partial charge in [0.2, 0.25) is 0 Å². The van der Waals surface area contributed by atoms with Crippen LogP contribution >= 0.6 is 0 Å². The lowest BCUT2D eigenvalue weighted by Crippen LogP contribution is -2.28. The quantitative estimate of drug-likeness (QED) is 0.369. The van der Waals surface area contributed by atoms with Gasteiger partial charge in [-0.2, -0.15) is 0 Å². The lowest BCUT2D eigenvalue weighted by atomic mass is 9.75. The summed E-state index contributed by atoms with van der Waals surface area (Å²) in [5, 5.41) is 0. The Morgan fingerprint density at radius 3 is 2.28 bits per heavy atom. The molecule has 94 valence electrons. The highest BCUT2D eigenvalue weighted by Gasteiger charge is 2.49. The molecule has 1 aliphatic carbocycles. The zero-order valence-corrected chi connectivity index (χ0v) is 9.33. The molecule has 0 amide bonds. The smallest absolute Gasteiger partial charge is 0.321 e. The Bertz CT molecular complexity index is 491. The highest BCUT2D eigenvalue weighted by atomic mass is 16.6. The molecule has 2 aliphatic heterocycles. The summed E-state index contributed by atoms with van der Waals surface area (Å²) < 4.78 is 9.05. The molecule has 2 fully saturated rings. The van der Waals surface area contributed by atoms with E-state index in [1.165, 1.54) is 0 Å². The number of hydrogen-bond donors (Lipinski definition) is 0. The minimum atomic E-state index is -0.550. The van der Waals surface area contributed by atoms with Crippen LogP contribution in [-0.2, 0) is 28.7 Å². The third-order valence-electron chi connectivity index (χ3n) is 3.72. The number of carbonyl (C=O) groups excluding carboxylic acids is 4.